The Labute approximate surface area is 157 Å². The summed E-state index contributed by atoms with van der Waals surface area (Å²) in [7, 11) is 1.19. The van der Waals surface area contributed by atoms with Crippen molar-refractivity contribution >= 4 is 5.97 Å². The molecule has 0 saturated carbocycles. The molecule has 0 atom stereocenters. The largest absolute Gasteiger partial charge is 0.465 e. The van der Waals surface area contributed by atoms with E-state index in [1.165, 1.54) is 31.6 Å². The molecule has 28 heavy (non-hydrogen) atoms. The van der Waals surface area contributed by atoms with E-state index < -0.39 is 23.2 Å². The van der Waals surface area contributed by atoms with Crippen molar-refractivity contribution in [2.75, 3.05) is 7.11 Å². The van der Waals surface area contributed by atoms with Crippen LogP contribution in [-0.4, -0.2) is 23.0 Å². The molecule has 0 unspecified atom stereocenters. The summed E-state index contributed by atoms with van der Waals surface area (Å²) in [5.74, 6) is -2.07. The zero-order valence-electron chi connectivity index (χ0n) is 14.8. The molecule has 0 aliphatic carbocycles. The number of aromatic amines is 2. The van der Waals surface area contributed by atoms with E-state index in [0.717, 1.165) is 12.1 Å². The van der Waals surface area contributed by atoms with Crippen molar-refractivity contribution in [3.63, 3.8) is 0 Å². The Morgan fingerprint density at radius 2 is 1.54 bits per heavy atom. The third-order valence-electron chi connectivity index (χ3n) is 4.28. The van der Waals surface area contributed by atoms with Crippen LogP contribution in [0.5, 0.6) is 0 Å². The Morgan fingerprint density at radius 3 is 2.14 bits per heavy atom. The molecule has 2 heterocycles. The molecule has 0 spiro atoms. The smallest absolute Gasteiger partial charge is 0.339 e. The Kier molecular flexibility index (Phi) is 5.49. The number of methoxy groups -OCH3 is 1. The van der Waals surface area contributed by atoms with Gasteiger partial charge in [-0.3, -0.25) is 9.59 Å². The highest BCUT2D eigenvalue weighted by molar-refractivity contribution is 5.89. The summed E-state index contributed by atoms with van der Waals surface area (Å²) >= 11 is 0. The molecule has 3 rings (SSSR count). The van der Waals surface area contributed by atoms with Gasteiger partial charge in [0.05, 0.1) is 12.7 Å². The highest BCUT2D eigenvalue weighted by atomic mass is 19.1. The average Bonchev–Trinajstić information content (AvgIpc) is 2.68. The number of carbonyl (C=O) groups excluding carboxylic acids is 1. The second kappa shape index (κ2) is 7.99. The number of rotatable bonds is 5. The minimum absolute atomic E-state index is 0.0233. The number of hydrogen-bond donors (Lipinski definition) is 2. The van der Waals surface area contributed by atoms with Crippen LogP contribution in [0, 0.1) is 11.6 Å². The lowest BCUT2D eigenvalue weighted by Gasteiger charge is -2.09. The van der Waals surface area contributed by atoms with Crippen LogP contribution >= 0.6 is 0 Å². The Morgan fingerprint density at radius 1 is 0.929 bits per heavy atom. The van der Waals surface area contributed by atoms with E-state index in [-0.39, 0.29) is 40.7 Å². The Balaban J connectivity index is 1.92. The number of hydrogen-bond acceptors (Lipinski definition) is 4. The molecular weight excluding hydrogens is 370 g/mol. The summed E-state index contributed by atoms with van der Waals surface area (Å²) in [6, 6.07) is 6.41. The van der Waals surface area contributed by atoms with Gasteiger partial charge in [-0.25, -0.2) is 13.6 Å². The summed E-state index contributed by atoms with van der Waals surface area (Å²) in [5.41, 5.74) is -0.432. The maximum atomic E-state index is 14.5. The molecule has 0 aliphatic heterocycles. The first-order valence-electron chi connectivity index (χ1n) is 8.32. The van der Waals surface area contributed by atoms with Gasteiger partial charge in [0.1, 0.15) is 11.6 Å². The van der Waals surface area contributed by atoms with Crippen molar-refractivity contribution in [2.24, 2.45) is 0 Å². The zero-order valence-corrected chi connectivity index (χ0v) is 14.8. The van der Waals surface area contributed by atoms with Gasteiger partial charge >= 0.3 is 5.97 Å². The van der Waals surface area contributed by atoms with Gasteiger partial charge in [-0.2, -0.15) is 0 Å². The van der Waals surface area contributed by atoms with E-state index in [9.17, 15) is 23.2 Å². The first-order valence-corrected chi connectivity index (χ1v) is 8.32. The van der Waals surface area contributed by atoms with E-state index in [1.807, 2.05) is 0 Å². The fourth-order valence-corrected chi connectivity index (χ4v) is 2.80. The minimum Gasteiger partial charge on any atom is -0.465 e. The molecule has 2 aromatic heterocycles. The van der Waals surface area contributed by atoms with Crippen LogP contribution in [0.25, 0.3) is 0 Å². The molecule has 0 saturated heterocycles. The molecule has 6 nitrogen and oxygen atoms in total. The molecule has 0 bridgehead atoms. The van der Waals surface area contributed by atoms with Crippen LogP contribution in [0.2, 0.25) is 0 Å². The topological polar surface area (TPSA) is 92.0 Å². The molecule has 0 amide bonds. The molecule has 1 aromatic carbocycles. The molecule has 2 N–H and O–H groups in total. The van der Waals surface area contributed by atoms with E-state index in [0.29, 0.717) is 5.56 Å². The molecule has 8 heteroatoms. The monoisotopic (exact) mass is 386 g/mol. The predicted octanol–water partition coefficient (Wildman–Crippen LogP) is 2.31. The maximum absolute atomic E-state index is 14.5. The van der Waals surface area contributed by atoms with Gasteiger partial charge in [-0.05, 0) is 35.4 Å². The van der Waals surface area contributed by atoms with Crippen molar-refractivity contribution < 1.29 is 18.3 Å². The predicted molar refractivity (Wildman–Crippen MR) is 97.4 cm³/mol. The van der Waals surface area contributed by atoms with E-state index in [1.54, 1.807) is 6.07 Å². The van der Waals surface area contributed by atoms with Gasteiger partial charge in [-0.15, -0.1) is 0 Å². The fourth-order valence-electron chi connectivity index (χ4n) is 2.80. The molecule has 3 aromatic rings. The van der Waals surface area contributed by atoms with E-state index in [4.69, 9.17) is 0 Å². The highest BCUT2D eigenvalue weighted by Gasteiger charge is 2.15. The summed E-state index contributed by atoms with van der Waals surface area (Å²) in [6.07, 6.45) is 2.35. The lowest BCUT2D eigenvalue weighted by molar-refractivity contribution is 0.0600. The Hall–Kier alpha value is -3.55. The van der Waals surface area contributed by atoms with Crippen LogP contribution in [-0.2, 0) is 17.6 Å². The van der Waals surface area contributed by atoms with Crippen LogP contribution < -0.4 is 11.1 Å². The second-order valence-electron chi connectivity index (χ2n) is 6.15. The van der Waals surface area contributed by atoms with Crippen LogP contribution in [0.1, 0.15) is 32.6 Å². The van der Waals surface area contributed by atoms with Gasteiger partial charge in [0.2, 0.25) is 0 Å². The number of benzene rings is 1. The summed E-state index contributed by atoms with van der Waals surface area (Å²) in [4.78, 5) is 40.1. The molecule has 0 aliphatic rings. The third kappa shape index (κ3) is 4.06. The lowest BCUT2D eigenvalue weighted by Crippen LogP contribution is -2.16. The van der Waals surface area contributed by atoms with Crippen LogP contribution in [0.15, 0.2) is 52.3 Å². The normalized spacial score (nSPS) is 10.7. The third-order valence-corrected chi connectivity index (χ3v) is 4.28. The number of pyridine rings is 2. The Bertz CT molecular complexity index is 1150. The number of halogens is 2. The van der Waals surface area contributed by atoms with Crippen molar-refractivity contribution in [3.05, 3.63) is 103 Å². The van der Waals surface area contributed by atoms with Crippen LogP contribution in [0.4, 0.5) is 8.78 Å². The van der Waals surface area contributed by atoms with Gasteiger partial charge in [0.15, 0.2) is 0 Å². The number of nitrogens with one attached hydrogen (secondary N) is 2. The van der Waals surface area contributed by atoms with Crippen molar-refractivity contribution in [2.45, 2.75) is 12.8 Å². The van der Waals surface area contributed by atoms with Gasteiger partial charge in [0, 0.05) is 36.4 Å². The van der Waals surface area contributed by atoms with Crippen molar-refractivity contribution in [3.8, 4) is 0 Å². The highest BCUT2D eigenvalue weighted by Crippen LogP contribution is 2.19. The first kappa shape index (κ1) is 19.2. The van der Waals surface area contributed by atoms with Gasteiger partial charge in [0.25, 0.3) is 11.1 Å². The molecule has 0 radical (unpaired) electrons. The number of aromatic nitrogens is 2. The average molecular weight is 386 g/mol. The van der Waals surface area contributed by atoms with Gasteiger partial charge < -0.3 is 14.7 Å². The quantitative estimate of drug-likeness (QED) is 0.659. The van der Waals surface area contributed by atoms with E-state index >= 15 is 0 Å². The summed E-state index contributed by atoms with van der Waals surface area (Å²) in [5, 5.41) is 0. The lowest BCUT2D eigenvalue weighted by atomic mass is 9.99. The maximum Gasteiger partial charge on any atom is 0.339 e. The summed E-state index contributed by atoms with van der Waals surface area (Å²) in [6.45, 7) is 0. The molecule has 0 fully saturated rings. The minimum atomic E-state index is -0.716. The first-order chi connectivity index (χ1) is 13.4. The van der Waals surface area contributed by atoms with Crippen molar-refractivity contribution in [1.29, 1.82) is 0 Å². The summed E-state index contributed by atoms with van der Waals surface area (Å²) < 4.78 is 33.6. The zero-order chi connectivity index (χ0) is 20.3. The molecular formula is C20H16F2N2O4. The van der Waals surface area contributed by atoms with E-state index in [2.05, 4.69) is 14.7 Å². The second-order valence-corrected chi connectivity index (χ2v) is 6.15. The fraction of sp³-hybridized carbons (Fsp3) is 0.150. The van der Waals surface area contributed by atoms with Crippen molar-refractivity contribution in [1.82, 2.24) is 9.97 Å². The standard InChI is InChI=1S/C20H16F2N2O4/c1-28-20(27)15-7-14(19(26)24-10-15)6-13-9-16(21)12(8-17(13)22)5-11-3-2-4-23-18(11)25/h2-4,7-10H,5-6H2,1H3,(H,23,25)(H,24,26). The number of H-pyrrole nitrogens is 2. The number of carbonyl (C=O) groups is 1. The van der Waals surface area contributed by atoms with Crippen LogP contribution in [0.3, 0.4) is 0 Å². The number of ether oxygens (including phenoxy) is 1. The SMILES string of the molecule is COC(=O)c1c[nH]c(=O)c(Cc2cc(F)c(Cc3ccc[nH]c3=O)cc2F)c1. The molecule has 144 valence electrons. The van der Waals surface area contributed by atoms with Gasteiger partial charge in [-0.1, -0.05) is 6.07 Å². The number of esters is 1.